The lowest BCUT2D eigenvalue weighted by Gasteiger charge is -2.13. The number of rotatable bonds is 3. The topological polar surface area (TPSA) is 95.8 Å². The summed E-state index contributed by atoms with van der Waals surface area (Å²) < 4.78 is 94.8. The van der Waals surface area contributed by atoms with Crippen molar-refractivity contribution in [3.63, 3.8) is 0 Å². The Morgan fingerprint density at radius 1 is 1.15 bits per heavy atom. The van der Waals surface area contributed by atoms with Gasteiger partial charge >= 0.3 is 5.51 Å². The van der Waals surface area contributed by atoms with Crippen molar-refractivity contribution >= 4 is 20.7 Å². The first-order valence-corrected chi connectivity index (χ1v) is 8.38. The van der Waals surface area contributed by atoms with Crippen molar-refractivity contribution in [3.05, 3.63) is 47.7 Å². The molecule has 0 saturated heterocycles. The molecule has 12 heteroatoms. The summed E-state index contributed by atoms with van der Waals surface area (Å²) in [5, 5.41) is 13.9. The SMILES string of the molecule is N#Cc1cc(F)cc(Oc2c(F)cc(S(=O)(=O)C(F)(F)F)c3[nH]ncc23)c1. The molecular weight excluding hydrogens is 397 g/mol. The summed E-state index contributed by atoms with van der Waals surface area (Å²) in [6, 6.07) is 4.54. The number of nitrogens with zero attached hydrogens (tertiary/aromatic N) is 2. The van der Waals surface area contributed by atoms with Gasteiger partial charge in [-0.2, -0.15) is 23.5 Å². The number of hydrogen-bond donors (Lipinski definition) is 1. The van der Waals surface area contributed by atoms with Crippen LogP contribution >= 0.6 is 0 Å². The molecule has 27 heavy (non-hydrogen) atoms. The van der Waals surface area contributed by atoms with E-state index in [1.165, 1.54) is 0 Å². The van der Waals surface area contributed by atoms with Crippen molar-refractivity contribution in [3.8, 4) is 17.6 Å². The van der Waals surface area contributed by atoms with E-state index in [4.69, 9.17) is 10.00 Å². The summed E-state index contributed by atoms with van der Waals surface area (Å²) in [5.41, 5.74) is -6.45. The predicted octanol–water partition coefficient (Wildman–Crippen LogP) is 3.80. The number of halogens is 5. The molecule has 6 nitrogen and oxygen atoms in total. The van der Waals surface area contributed by atoms with Crippen molar-refractivity contribution in [2.45, 2.75) is 10.4 Å². The Balaban J connectivity index is 2.20. The molecule has 2 aromatic carbocycles. The van der Waals surface area contributed by atoms with E-state index in [1.807, 2.05) is 0 Å². The molecule has 0 bridgehead atoms. The highest BCUT2D eigenvalue weighted by atomic mass is 32.2. The van der Waals surface area contributed by atoms with Gasteiger partial charge in [-0.3, -0.25) is 5.10 Å². The number of nitriles is 1. The highest BCUT2D eigenvalue weighted by Gasteiger charge is 2.48. The fraction of sp³-hybridized carbons (Fsp3) is 0.0667. The smallest absolute Gasteiger partial charge is 0.453 e. The lowest BCUT2D eigenvalue weighted by atomic mass is 10.2. The van der Waals surface area contributed by atoms with E-state index in [0.717, 1.165) is 24.4 Å². The number of fused-ring (bicyclic) bond motifs is 1. The Bertz CT molecular complexity index is 1200. The van der Waals surface area contributed by atoms with Crippen LogP contribution in [0.15, 0.2) is 35.4 Å². The van der Waals surface area contributed by atoms with Gasteiger partial charge in [0.2, 0.25) is 0 Å². The van der Waals surface area contributed by atoms with Gasteiger partial charge in [0.25, 0.3) is 9.84 Å². The zero-order valence-corrected chi connectivity index (χ0v) is 13.6. The summed E-state index contributed by atoms with van der Waals surface area (Å²) >= 11 is 0. The number of hydrogen-bond acceptors (Lipinski definition) is 5. The highest BCUT2D eigenvalue weighted by Crippen LogP contribution is 2.39. The second kappa shape index (κ2) is 6.20. The molecule has 140 valence electrons. The molecule has 0 unspecified atom stereocenters. The van der Waals surface area contributed by atoms with Crippen molar-refractivity contribution in [2.75, 3.05) is 0 Å². The second-order valence-electron chi connectivity index (χ2n) is 5.18. The first-order valence-electron chi connectivity index (χ1n) is 6.90. The maximum Gasteiger partial charge on any atom is 0.501 e. The van der Waals surface area contributed by atoms with Gasteiger partial charge in [-0.15, -0.1) is 0 Å². The third-order valence-electron chi connectivity index (χ3n) is 3.42. The first kappa shape index (κ1) is 18.6. The van der Waals surface area contributed by atoms with Crippen molar-refractivity contribution in [1.29, 1.82) is 5.26 Å². The van der Waals surface area contributed by atoms with E-state index in [0.29, 0.717) is 0 Å². The van der Waals surface area contributed by atoms with E-state index < -0.39 is 48.5 Å². The number of H-pyrrole nitrogens is 1. The zero-order chi connectivity index (χ0) is 20.0. The predicted molar refractivity (Wildman–Crippen MR) is 80.5 cm³/mol. The van der Waals surface area contributed by atoms with Crippen molar-refractivity contribution in [2.24, 2.45) is 0 Å². The molecule has 1 heterocycles. The average Bonchev–Trinajstić information content (AvgIpc) is 3.04. The molecule has 3 rings (SSSR count). The van der Waals surface area contributed by atoms with Crippen LogP contribution in [0.4, 0.5) is 22.0 Å². The Morgan fingerprint density at radius 2 is 1.85 bits per heavy atom. The summed E-state index contributed by atoms with van der Waals surface area (Å²) in [6.07, 6.45) is 0.855. The van der Waals surface area contributed by atoms with E-state index >= 15 is 0 Å². The fourth-order valence-corrected chi connectivity index (χ4v) is 3.20. The Hall–Kier alpha value is -3.20. The molecule has 3 aromatic rings. The Labute approximate surface area is 147 Å². The number of nitrogens with one attached hydrogen (secondary N) is 1. The molecule has 0 aliphatic carbocycles. The molecule has 0 spiro atoms. The largest absolute Gasteiger partial charge is 0.501 e. The molecule has 0 fully saturated rings. The van der Waals surface area contributed by atoms with Crippen LogP contribution in [0.3, 0.4) is 0 Å². The minimum atomic E-state index is -5.87. The standard InChI is InChI=1S/C15H6F5N3O3S/c16-8-1-7(5-21)2-9(3-8)26-14-10-6-22-23-13(10)12(4-11(14)17)27(24,25)15(18,19)20/h1-4,6H,(H,22,23). The molecule has 0 aliphatic rings. The molecule has 0 aliphatic heterocycles. The number of aromatic nitrogens is 2. The Morgan fingerprint density at radius 3 is 2.48 bits per heavy atom. The lowest BCUT2D eigenvalue weighted by molar-refractivity contribution is -0.0435. The number of aromatic amines is 1. The minimum Gasteiger partial charge on any atom is -0.453 e. The van der Waals surface area contributed by atoms with Crippen LogP contribution in [0.1, 0.15) is 5.56 Å². The third-order valence-corrected chi connectivity index (χ3v) is 4.93. The molecule has 0 amide bonds. The summed E-state index contributed by atoms with van der Waals surface area (Å²) in [6.45, 7) is 0. The Kier molecular flexibility index (Phi) is 4.27. The maximum absolute atomic E-state index is 14.4. The average molecular weight is 403 g/mol. The van der Waals surface area contributed by atoms with Crippen LogP contribution < -0.4 is 4.74 Å². The number of benzene rings is 2. The summed E-state index contributed by atoms with van der Waals surface area (Å²) in [5.74, 6) is -3.33. The molecule has 1 aromatic heterocycles. The van der Waals surface area contributed by atoms with E-state index in [-0.39, 0.29) is 17.4 Å². The van der Waals surface area contributed by atoms with Gasteiger partial charge < -0.3 is 4.74 Å². The lowest BCUT2D eigenvalue weighted by Crippen LogP contribution is -2.23. The maximum atomic E-state index is 14.4. The molecule has 0 atom stereocenters. The summed E-state index contributed by atoms with van der Waals surface area (Å²) in [7, 11) is -5.87. The minimum absolute atomic E-state index is 0.128. The van der Waals surface area contributed by atoms with Crippen LogP contribution in [0.25, 0.3) is 10.9 Å². The van der Waals surface area contributed by atoms with Gasteiger partial charge in [-0.1, -0.05) is 0 Å². The summed E-state index contributed by atoms with van der Waals surface area (Å²) in [4.78, 5) is -1.37. The normalized spacial score (nSPS) is 12.1. The quantitative estimate of drug-likeness (QED) is 0.671. The molecule has 0 saturated carbocycles. The van der Waals surface area contributed by atoms with Crippen LogP contribution in [-0.4, -0.2) is 24.1 Å². The van der Waals surface area contributed by atoms with E-state index in [9.17, 15) is 30.4 Å². The van der Waals surface area contributed by atoms with Crippen LogP contribution in [-0.2, 0) is 9.84 Å². The van der Waals surface area contributed by atoms with Gasteiger partial charge in [0.05, 0.1) is 28.7 Å². The van der Waals surface area contributed by atoms with Gasteiger partial charge in [-0.25, -0.2) is 17.2 Å². The van der Waals surface area contributed by atoms with Crippen molar-refractivity contribution < 1.29 is 35.1 Å². The van der Waals surface area contributed by atoms with Crippen LogP contribution in [0.2, 0.25) is 0 Å². The zero-order valence-electron chi connectivity index (χ0n) is 12.8. The monoisotopic (exact) mass is 403 g/mol. The highest BCUT2D eigenvalue weighted by molar-refractivity contribution is 7.92. The van der Waals surface area contributed by atoms with Gasteiger partial charge in [0.1, 0.15) is 16.5 Å². The number of sulfone groups is 1. The molecule has 0 radical (unpaired) electrons. The van der Waals surface area contributed by atoms with E-state index in [1.54, 1.807) is 6.07 Å². The van der Waals surface area contributed by atoms with E-state index in [2.05, 4.69) is 10.2 Å². The van der Waals surface area contributed by atoms with Crippen molar-refractivity contribution in [1.82, 2.24) is 10.2 Å². The molecular formula is C15H6F5N3O3S. The van der Waals surface area contributed by atoms with Gasteiger partial charge in [0, 0.05) is 6.07 Å². The second-order valence-corrected chi connectivity index (χ2v) is 7.09. The van der Waals surface area contributed by atoms with Gasteiger partial charge in [0.15, 0.2) is 11.6 Å². The first-order chi connectivity index (χ1) is 12.5. The van der Waals surface area contributed by atoms with Crippen LogP contribution in [0, 0.1) is 23.0 Å². The number of alkyl halides is 3. The third kappa shape index (κ3) is 3.17. The van der Waals surface area contributed by atoms with Crippen LogP contribution in [0.5, 0.6) is 11.5 Å². The van der Waals surface area contributed by atoms with Gasteiger partial charge in [-0.05, 0) is 18.2 Å². The number of ether oxygens (including phenoxy) is 1. The molecule has 1 N–H and O–H groups in total. The fourth-order valence-electron chi connectivity index (χ4n) is 2.27.